The van der Waals surface area contributed by atoms with Gasteiger partial charge in [-0.3, -0.25) is 24.5 Å². The van der Waals surface area contributed by atoms with Gasteiger partial charge in [-0.15, -0.1) is 0 Å². The van der Waals surface area contributed by atoms with Crippen molar-refractivity contribution in [1.82, 2.24) is 5.43 Å². The van der Waals surface area contributed by atoms with Crippen molar-refractivity contribution in [1.29, 1.82) is 0 Å². The molecular weight excluding hydrogens is 390 g/mol. The van der Waals surface area contributed by atoms with Gasteiger partial charge in [0.2, 0.25) is 11.8 Å². The van der Waals surface area contributed by atoms with Crippen LogP contribution < -0.4 is 16.1 Å². The molecule has 0 fully saturated rings. The number of nitro benzene ring substituents is 1. The summed E-state index contributed by atoms with van der Waals surface area (Å²) in [6, 6.07) is 10.4. The molecule has 0 aliphatic rings. The topological polar surface area (TPSA) is 143 Å². The molecule has 0 saturated heterocycles. The van der Waals surface area contributed by atoms with Gasteiger partial charge in [0.05, 0.1) is 17.0 Å². The molecular formula is C20H21N5O5. The van der Waals surface area contributed by atoms with E-state index in [1.54, 1.807) is 32.0 Å². The van der Waals surface area contributed by atoms with Gasteiger partial charge in [-0.25, -0.2) is 5.43 Å². The molecule has 156 valence electrons. The van der Waals surface area contributed by atoms with Crippen LogP contribution in [-0.4, -0.2) is 28.4 Å². The molecule has 2 aromatic carbocycles. The second-order valence-corrected chi connectivity index (χ2v) is 6.53. The van der Waals surface area contributed by atoms with E-state index in [9.17, 15) is 24.5 Å². The van der Waals surface area contributed by atoms with Crippen LogP contribution in [-0.2, 0) is 9.59 Å². The average Bonchev–Trinajstić information content (AvgIpc) is 2.67. The minimum atomic E-state index is -0.542. The van der Waals surface area contributed by atoms with E-state index >= 15 is 0 Å². The predicted octanol–water partition coefficient (Wildman–Crippen LogP) is 3.00. The highest BCUT2D eigenvalue weighted by Gasteiger charge is 2.12. The molecule has 3 amide bonds. The van der Waals surface area contributed by atoms with E-state index in [0.717, 1.165) is 0 Å². The number of nitro groups is 1. The maximum Gasteiger partial charge on any atom is 0.271 e. The Bertz CT molecular complexity index is 1010. The molecule has 0 radical (unpaired) electrons. The van der Waals surface area contributed by atoms with Crippen molar-refractivity contribution >= 4 is 40.5 Å². The first-order valence-electron chi connectivity index (χ1n) is 8.91. The number of anilines is 2. The maximum absolute atomic E-state index is 12.2. The molecule has 2 aromatic rings. The fourth-order valence-corrected chi connectivity index (χ4v) is 2.44. The van der Waals surface area contributed by atoms with Crippen LogP contribution in [0.15, 0.2) is 47.6 Å². The van der Waals surface area contributed by atoms with E-state index in [2.05, 4.69) is 21.2 Å². The van der Waals surface area contributed by atoms with Crippen LogP contribution in [0.2, 0.25) is 0 Å². The van der Waals surface area contributed by atoms with Crippen molar-refractivity contribution in [2.24, 2.45) is 5.10 Å². The minimum absolute atomic E-state index is 0.107. The summed E-state index contributed by atoms with van der Waals surface area (Å²) in [5, 5.41) is 20.0. The molecule has 0 atom stereocenters. The molecule has 0 unspecified atom stereocenters. The third kappa shape index (κ3) is 6.51. The van der Waals surface area contributed by atoms with E-state index in [0.29, 0.717) is 28.2 Å². The van der Waals surface area contributed by atoms with Gasteiger partial charge >= 0.3 is 0 Å². The lowest BCUT2D eigenvalue weighted by molar-refractivity contribution is -0.384. The lowest BCUT2D eigenvalue weighted by Gasteiger charge is -2.08. The van der Waals surface area contributed by atoms with Crippen molar-refractivity contribution in [3.63, 3.8) is 0 Å². The summed E-state index contributed by atoms with van der Waals surface area (Å²) < 4.78 is 0. The highest BCUT2D eigenvalue weighted by atomic mass is 16.6. The number of hydrogen-bond donors (Lipinski definition) is 3. The number of rotatable bonds is 7. The first kappa shape index (κ1) is 22.2. The van der Waals surface area contributed by atoms with Crippen molar-refractivity contribution < 1.29 is 19.3 Å². The second kappa shape index (κ2) is 9.92. The van der Waals surface area contributed by atoms with Crippen molar-refractivity contribution in [3.8, 4) is 0 Å². The number of non-ortho nitro benzene ring substituents is 1. The third-order valence-electron chi connectivity index (χ3n) is 3.94. The zero-order valence-electron chi connectivity index (χ0n) is 16.7. The minimum Gasteiger partial charge on any atom is -0.326 e. The standard InChI is InChI=1S/C20H21N5O5/c1-12-4-9-17(25(29)30)11-18(12)22-19(27)10-13(2)23-24-20(28)15-5-7-16(8-6-15)21-14(3)26/h4-9,11H,10H2,1-3H3,(H,21,26)(H,22,27)(H,24,28)/b23-13+. The van der Waals surface area contributed by atoms with Gasteiger partial charge in [0.25, 0.3) is 11.6 Å². The summed E-state index contributed by atoms with van der Waals surface area (Å²) in [7, 11) is 0. The Morgan fingerprint density at radius 1 is 1.03 bits per heavy atom. The number of carbonyl (C=O) groups is 3. The van der Waals surface area contributed by atoms with E-state index in [-0.39, 0.29) is 18.0 Å². The summed E-state index contributed by atoms with van der Waals surface area (Å²) >= 11 is 0. The van der Waals surface area contributed by atoms with Gasteiger partial charge in [0.1, 0.15) is 0 Å². The second-order valence-electron chi connectivity index (χ2n) is 6.53. The van der Waals surface area contributed by atoms with Gasteiger partial charge in [-0.05, 0) is 43.7 Å². The van der Waals surface area contributed by atoms with Crippen molar-refractivity contribution in [2.45, 2.75) is 27.2 Å². The number of carbonyl (C=O) groups excluding carboxylic acids is 3. The van der Waals surface area contributed by atoms with E-state index in [1.165, 1.54) is 31.2 Å². The summed E-state index contributed by atoms with van der Waals surface area (Å²) in [4.78, 5) is 45.7. The fourth-order valence-electron chi connectivity index (χ4n) is 2.44. The molecule has 0 aliphatic carbocycles. The van der Waals surface area contributed by atoms with E-state index in [4.69, 9.17) is 0 Å². The number of hydrogen-bond acceptors (Lipinski definition) is 6. The van der Waals surface area contributed by atoms with E-state index < -0.39 is 16.7 Å². The lowest BCUT2D eigenvalue weighted by Crippen LogP contribution is -2.21. The summed E-state index contributed by atoms with van der Waals surface area (Å²) in [6.45, 7) is 4.67. The van der Waals surface area contributed by atoms with Gasteiger partial charge in [0.15, 0.2) is 0 Å². The Morgan fingerprint density at radius 3 is 2.30 bits per heavy atom. The van der Waals surface area contributed by atoms with Crippen molar-refractivity contribution in [3.05, 3.63) is 63.7 Å². The van der Waals surface area contributed by atoms with Gasteiger partial charge in [-0.2, -0.15) is 5.10 Å². The number of nitrogens with zero attached hydrogens (tertiary/aromatic N) is 2. The Labute approximate surface area is 172 Å². The largest absolute Gasteiger partial charge is 0.326 e. The molecule has 0 heterocycles. The highest BCUT2D eigenvalue weighted by Crippen LogP contribution is 2.22. The smallest absolute Gasteiger partial charge is 0.271 e. The number of amides is 3. The van der Waals surface area contributed by atoms with Gasteiger partial charge < -0.3 is 10.6 Å². The van der Waals surface area contributed by atoms with E-state index in [1.807, 2.05) is 0 Å². The van der Waals surface area contributed by atoms with Gasteiger partial charge in [-0.1, -0.05) is 6.07 Å². The molecule has 2 rings (SSSR count). The lowest BCUT2D eigenvalue weighted by atomic mass is 10.1. The number of nitrogens with one attached hydrogen (secondary N) is 3. The normalized spacial score (nSPS) is 10.8. The average molecular weight is 411 g/mol. The van der Waals surface area contributed by atoms with Crippen LogP contribution in [0, 0.1) is 17.0 Å². The van der Waals surface area contributed by atoms with Crippen LogP contribution >= 0.6 is 0 Å². The summed E-state index contributed by atoms with van der Waals surface area (Å²) in [6.07, 6.45) is -0.107. The third-order valence-corrected chi connectivity index (χ3v) is 3.94. The molecule has 0 bridgehead atoms. The predicted molar refractivity (Wildman–Crippen MR) is 112 cm³/mol. The van der Waals surface area contributed by atoms with Crippen LogP contribution in [0.25, 0.3) is 0 Å². The molecule has 0 saturated carbocycles. The first-order chi connectivity index (χ1) is 14.2. The first-order valence-corrected chi connectivity index (χ1v) is 8.91. The number of aryl methyl sites for hydroxylation is 1. The zero-order chi connectivity index (χ0) is 22.3. The SMILES string of the molecule is CC(=O)Nc1ccc(C(=O)N/N=C(\C)CC(=O)Nc2cc([N+](=O)[O-])ccc2C)cc1. The van der Waals surface area contributed by atoms with Crippen LogP contribution in [0.1, 0.15) is 36.2 Å². The summed E-state index contributed by atoms with van der Waals surface area (Å²) in [5.41, 5.74) is 4.49. The molecule has 10 heteroatoms. The zero-order valence-corrected chi connectivity index (χ0v) is 16.7. The molecule has 30 heavy (non-hydrogen) atoms. The van der Waals surface area contributed by atoms with Crippen LogP contribution in [0.3, 0.4) is 0 Å². The molecule has 0 spiro atoms. The van der Waals surface area contributed by atoms with Crippen LogP contribution in [0.4, 0.5) is 17.1 Å². The molecule has 3 N–H and O–H groups in total. The number of benzene rings is 2. The Morgan fingerprint density at radius 2 is 1.70 bits per heavy atom. The molecule has 10 nitrogen and oxygen atoms in total. The molecule has 0 aliphatic heterocycles. The number of hydrazone groups is 1. The van der Waals surface area contributed by atoms with Crippen molar-refractivity contribution in [2.75, 3.05) is 10.6 Å². The Kier molecular flexibility index (Phi) is 7.34. The monoisotopic (exact) mass is 411 g/mol. The summed E-state index contributed by atoms with van der Waals surface area (Å²) in [5.74, 6) is -1.11. The maximum atomic E-state index is 12.2. The highest BCUT2D eigenvalue weighted by molar-refractivity contribution is 6.06. The fraction of sp³-hybridized carbons (Fsp3) is 0.200. The molecule has 0 aromatic heterocycles. The Hall–Kier alpha value is -4.08. The van der Waals surface area contributed by atoms with Crippen LogP contribution in [0.5, 0.6) is 0 Å². The van der Waals surface area contributed by atoms with Gasteiger partial charge in [0, 0.05) is 36.0 Å². The quantitative estimate of drug-likeness (QED) is 0.365. The Balaban J connectivity index is 1.94.